The highest BCUT2D eigenvalue weighted by molar-refractivity contribution is 6.50. The van der Waals surface area contributed by atoms with E-state index < -0.39 is 8.64 Å². The molecule has 0 aromatic carbocycles. The van der Waals surface area contributed by atoms with Crippen LogP contribution in [-0.4, -0.2) is 30.0 Å². The van der Waals surface area contributed by atoms with Gasteiger partial charge in [-0.3, -0.25) is 0 Å². The van der Waals surface area contributed by atoms with E-state index in [2.05, 4.69) is 0 Å². The topological polar surface area (TPSA) is 27.7 Å². The Hall–Kier alpha value is -1.03. The van der Waals surface area contributed by atoms with Gasteiger partial charge in [-0.15, -0.1) is 0 Å². The van der Waals surface area contributed by atoms with Gasteiger partial charge in [0.25, 0.3) is 0 Å². The van der Waals surface area contributed by atoms with Crippen molar-refractivity contribution >= 4 is 8.64 Å². The fourth-order valence-electron chi connectivity index (χ4n) is 1.02. The lowest BCUT2D eigenvalue weighted by molar-refractivity contribution is 0.355. The lowest BCUT2D eigenvalue weighted by atomic mass is 10.5. The van der Waals surface area contributed by atoms with E-state index in [4.69, 9.17) is 13.9 Å². The molecule has 0 N–H and O–H groups in total. The first kappa shape index (κ1) is 9.06. The summed E-state index contributed by atoms with van der Waals surface area (Å²) in [6.45, 7) is 0. The molecule has 1 aromatic rings. The van der Waals surface area contributed by atoms with Crippen molar-refractivity contribution in [3.05, 3.63) is 17.8 Å². The van der Waals surface area contributed by atoms with E-state index in [-0.39, 0.29) is 0 Å². The predicted molar refractivity (Wildman–Crippen MR) is 48.0 cm³/mol. The molecule has 0 radical (unpaired) electrons. The van der Waals surface area contributed by atoms with Crippen molar-refractivity contribution in [2.45, 2.75) is 0 Å². The van der Waals surface area contributed by atoms with Crippen LogP contribution in [0.1, 0.15) is 0 Å². The van der Waals surface area contributed by atoms with E-state index in [1.165, 1.54) is 0 Å². The van der Waals surface area contributed by atoms with Crippen LogP contribution >= 0.6 is 0 Å². The Bertz CT molecular complexity index is 240. The van der Waals surface area contributed by atoms with E-state index >= 15 is 0 Å². The molecule has 4 heteroatoms. The first-order chi connectivity index (χ1) is 5.83. The maximum Gasteiger partial charge on any atom is 0.312 e. The van der Waals surface area contributed by atoms with Gasteiger partial charge in [-0.05, 0) is 11.7 Å². The predicted octanol–water partition coefficient (Wildman–Crippen LogP) is 0.788. The molecule has 0 aliphatic carbocycles. The molecule has 0 aliphatic rings. The molecular weight excluding hydrogens is 172 g/mol. The molecule has 1 rings (SSSR count). The number of hydrogen-bond donors (Lipinski definition) is 0. The molecular formula is C8H12O3Si. The van der Waals surface area contributed by atoms with Crippen LogP contribution in [0.15, 0.2) is 17.8 Å². The summed E-state index contributed by atoms with van der Waals surface area (Å²) in [5, 5.41) is 0.813. The third kappa shape index (κ3) is 1.58. The zero-order valence-electron chi connectivity index (χ0n) is 7.46. The van der Waals surface area contributed by atoms with E-state index in [0.717, 1.165) is 11.1 Å². The number of ether oxygens (including phenoxy) is 2. The first-order valence-corrected chi connectivity index (χ1v) is 5.07. The van der Waals surface area contributed by atoms with Crippen molar-refractivity contribution < 1.29 is 13.9 Å². The minimum absolute atomic E-state index is 0.760. The molecule has 0 fully saturated rings. The van der Waals surface area contributed by atoms with Crippen molar-refractivity contribution in [2.75, 3.05) is 21.3 Å². The zero-order chi connectivity index (χ0) is 8.97. The van der Waals surface area contributed by atoms with E-state index in [1.807, 2.05) is 17.8 Å². The SMILES string of the molecule is COc1ccc[si](OC)c1OC. The normalized spacial score (nSPS) is 9.25. The summed E-state index contributed by atoms with van der Waals surface area (Å²) in [7, 11) is 3.81. The standard InChI is InChI=1S/C8H12O3Si/c1-9-7-5-4-6-12(11-3)8(7)10-2/h4-6H,1-3H3. The molecule has 1 heterocycles. The van der Waals surface area contributed by atoms with Crippen molar-refractivity contribution in [3.8, 4) is 11.1 Å². The number of rotatable bonds is 3. The van der Waals surface area contributed by atoms with Gasteiger partial charge >= 0.3 is 8.64 Å². The Balaban J connectivity index is 3.13. The molecule has 66 valence electrons. The number of methoxy groups -OCH3 is 2. The highest BCUT2D eigenvalue weighted by Gasteiger charge is 2.10. The van der Waals surface area contributed by atoms with Gasteiger partial charge in [-0.25, -0.2) is 0 Å². The van der Waals surface area contributed by atoms with Gasteiger partial charge in [0.15, 0.2) is 11.1 Å². The van der Waals surface area contributed by atoms with Crippen LogP contribution in [0, 0.1) is 0 Å². The monoisotopic (exact) mass is 184 g/mol. The Morgan fingerprint density at radius 2 is 1.92 bits per heavy atom. The number of hydrogen-bond acceptors (Lipinski definition) is 3. The lowest BCUT2D eigenvalue weighted by Gasteiger charge is -2.09. The largest absolute Gasteiger partial charge is 0.548 e. The Labute approximate surface area is 73.5 Å². The molecule has 0 amide bonds. The molecule has 1 aromatic heterocycles. The quantitative estimate of drug-likeness (QED) is 0.650. The van der Waals surface area contributed by atoms with Crippen molar-refractivity contribution in [1.82, 2.24) is 0 Å². The lowest BCUT2D eigenvalue weighted by Crippen LogP contribution is -2.11. The Morgan fingerprint density at radius 3 is 2.42 bits per heavy atom. The molecule has 0 saturated carbocycles. The second-order valence-electron chi connectivity index (χ2n) is 2.20. The van der Waals surface area contributed by atoms with Crippen molar-refractivity contribution in [2.24, 2.45) is 0 Å². The minimum Gasteiger partial charge on any atom is -0.548 e. The first-order valence-electron chi connectivity index (χ1n) is 3.58. The van der Waals surface area contributed by atoms with Gasteiger partial charge < -0.3 is 13.9 Å². The maximum absolute atomic E-state index is 5.26. The van der Waals surface area contributed by atoms with Crippen molar-refractivity contribution in [3.63, 3.8) is 0 Å². The average Bonchev–Trinajstić information content (AvgIpc) is 2.16. The molecule has 0 unspecified atom stereocenters. The summed E-state index contributed by atoms with van der Waals surface area (Å²) < 4.78 is 15.6. The van der Waals surface area contributed by atoms with Crippen LogP contribution in [0.25, 0.3) is 0 Å². The second kappa shape index (κ2) is 4.11. The van der Waals surface area contributed by atoms with Crippen LogP contribution in [-0.2, 0) is 0 Å². The summed E-state index contributed by atoms with van der Waals surface area (Å²) in [5.41, 5.74) is 2.01. The highest BCUT2D eigenvalue weighted by atomic mass is 28.3. The van der Waals surface area contributed by atoms with Crippen LogP contribution in [0.3, 0.4) is 0 Å². The molecule has 0 spiro atoms. The van der Waals surface area contributed by atoms with Crippen LogP contribution in [0.5, 0.6) is 11.1 Å². The molecule has 0 saturated heterocycles. The summed E-state index contributed by atoms with van der Waals surface area (Å²) in [5.74, 6) is 0.760. The Kier molecular flexibility index (Phi) is 3.10. The van der Waals surface area contributed by atoms with E-state index in [0.29, 0.717) is 0 Å². The van der Waals surface area contributed by atoms with Gasteiger partial charge in [0.05, 0.1) is 21.3 Å². The van der Waals surface area contributed by atoms with Crippen LogP contribution in [0.2, 0.25) is 0 Å². The fraction of sp³-hybridized carbons (Fsp3) is 0.375. The third-order valence-electron chi connectivity index (χ3n) is 1.59. The van der Waals surface area contributed by atoms with Crippen LogP contribution in [0.4, 0.5) is 0 Å². The smallest absolute Gasteiger partial charge is 0.312 e. The second-order valence-corrected chi connectivity index (χ2v) is 4.12. The summed E-state index contributed by atoms with van der Waals surface area (Å²) in [4.78, 5) is 0. The Morgan fingerprint density at radius 1 is 1.17 bits per heavy atom. The average molecular weight is 184 g/mol. The molecule has 0 bridgehead atoms. The zero-order valence-corrected chi connectivity index (χ0v) is 8.46. The minimum atomic E-state index is -1.12. The molecule has 3 nitrogen and oxygen atoms in total. The van der Waals surface area contributed by atoms with Crippen LogP contribution < -0.4 is 13.9 Å². The summed E-state index contributed by atoms with van der Waals surface area (Å²) >= 11 is 0. The fourth-order valence-corrected chi connectivity index (χ4v) is 2.39. The molecule has 12 heavy (non-hydrogen) atoms. The van der Waals surface area contributed by atoms with Gasteiger partial charge in [0.2, 0.25) is 0 Å². The van der Waals surface area contributed by atoms with E-state index in [9.17, 15) is 0 Å². The molecule has 0 atom stereocenters. The summed E-state index contributed by atoms with van der Waals surface area (Å²) in [6, 6.07) is 3.80. The van der Waals surface area contributed by atoms with Gasteiger partial charge in [-0.2, -0.15) is 0 Å². The molecule has 0 aliphatic heterocycles. The summed E-state index contributed by atoms with van der Waals surface area (Å²) in [6.07, 6.45) is 0. The highest BCUT2D eigenvalue weighted by Crippen LogP contribution is 2.23. The maximum atomic E-state index is 5.26. The van der Waals surface area contributed by atoms with Crippen molar-refractivity contribution in [1.29, 1.82) is 0 Å². The van der Waals surface area contributed by atoms with E-state index in [1.54, 1.807) is 21.3 Å². The van der Waals surface area contributed by atoms with Gasteiger partial charge in [0.1, 0.15) is 0 Å². The van der Waals surface area contributed by atoms with Gasteiger partial charge in [-0.1, -0.05) is 6.07 Å². The third-order valence-corrected chi connectivity index (χ3v) is 3.42. The van der Waals surface area contributed by atoms with Gasteiger partial charge in [0, 0.05) is 0 Å².